The Hall–Kier alpha value is -3.28. The topological polar surface area (TPSA) is 117 Å². The fraction of sp³-hybridized carbons (Fsp3) is 0.467. The van der Waals surface area contributed by atoms with E-state index < -0.39 is 33.9 Å². The van der Waals surface area contributed by atoms with Gasteiger partial charge in [-0.05, 0) is 55.9 Å². The number of hydrogen-bond donors (Lipinski definition) is 3. The SMILES string of the molecule is CCCc1cc(C(=O)N[C@@H](Cc2ccccc2)[C@H](O)CNCc2cnn(CC)c2)c(F)c(N2CCCCS2(=O)=O)c1. The molecule has 9 nitrogen and oxygen atoms in total. The van der Waals surface area contributed by atoms with Crippen molar-refractivity contribution in [1.29, 1.82) is 0 Å². The minimum absolute atomic E-state index is 0.0520. The molecular formula is C30H40FN5O4S. The summed E-state index contributed by atoms with van der Waals surface area (Å²) in [5.74, 6) is -1.61. The highest BCUT2D eigenvalue weighted by Gasteiger charge is 2.31. The minimum Gasteiger partial charge on any atom is -0.390 e. The van der Waals surface area contributed by atoms with Crippen molar-refractivity contribution in [2.75, 3.05) is 23.1 Å². The monoisotopic (exact) mass is 585 g/mol. The first kappa shape index (κ1) is 30.7. The Balaban J connectivity index is 1.57. The van der Waals surface area contributed by atoms with E-state index in [1.54, 1.807) is 12.3 Å². The number of amides is 1. The first-order valence-corrected chi connectivity index (χ1v) is 15.9. The van der Waals surface area contributed by atoms with Crippen molar-refractivity contribution < 1.29 is 22.7 Å². The summed E-state index contributed by atoms with van der Waals surface area (Å²) < 4.78 is 44.4. The Bertz CT molecular complexity index is 1410. The summed E-state index contributed by atoms with van der Waals surface area (Å²) in [5, 5.41) is 21.5. The van der Waals surface area contributed by atoms with E-state index in [1.807, 2.05) is 55.1 Å². The predicted molar refractivity (Wildman–Crippen MR) is 158 cm³/mol. The molecule has 1 aliphatic heterocycles. The van der Waals surface area contributed by atoms with Crippen molar-refractivity contribution in [2.24, 2.45) is 0 Å². The van der Waals surface area contributed by atoms with Crippen molar-refractivity contribution in [1.82, 2.24) is 20.4 Å². The Morgan fingerprint density at radius 3 is 2.59 bits per heavy atom. The molecule has 0 saturated carbocycles. The van der Waals surface area contributed by atoms with Crippen LogP contribution in [0.2, 0.25) is 0 Å². The molecule has 0 spiro atoms. The maximum atomic E-state index is 15.9. The highest BCUT2D eigenvalue weighted by molar-refractivity contribution is 7.92. The van der Waals surface area contributed by atoms with Crippen molar-refractivity contribution in [3.63, 3.8) is 0 Å². The second kappa shape index (κ2) is 14.1. The van der Waals surface area contributed by atoms with Gasteiger partial charge in [-0.2, -0.15) is 5.10 Å². The zero-order chi connectivity index (χ0) is 29.4. The van der Waals surface area contributed by atoms with Crippen LogP contribution in [0.5, 0.6) is 0 Å². The molecule has 2 heterocycles. The molecule has 0 aliphatic carbocycles. The lowest BCUT2D eigenvalue weighted by Crippen LogP contribution is -2.49. The largest absolute Gasteiger partial charge is 0.390 e. The van der Waals surface area contributed by atoms with Crippen molar-refractivity contribution in [3.8, 4) is 0 Å². The Morgan fingerprint density at radius 1 is 1.12 bits per heavy atom. The summed E-state index contributed by atoms with van der Waals surface area (Å²) >= 11 is 0. The molecule has 41 heavy (non-hydrogen) atoms. The number of aryl methyl sites for hydroxylation is 2. The lowest BCUT2D eigenvalue weighted by atomic mass is 9.99. The number of nitrogens with zero attached hydrogens (tertiary/aromatic N) is 3. The lowest BCUT2D eigenvalue weighted by Gasteiger charge is -2.30. The van der Waals surface area contributed by atoms with Gasteiger partial charge in [0.1, 0.15) is 0 Å². The fourth-order valence-corrected chi connectivity index (χ4v) is 6.71. The van der Waals surface area contributed by atoms with Crippen LogP contribution in [-0.2, 0) is 36.0 Å². The summed E-state index contributed by atoms with van der Waals surface area (Å²) in [6.07, 6.45) is 5.49. The molecule has 1 fully saturated rings. The molecule has 0 unspecified atom stereocenters. The van der Waals surface area contributed by atoms with E-state index in [2.05, 4.69) is 15.7 Å². The van der Waals surface area contributed by atoms with E-state index in [0.717, 1.165) is 28.4 Å². The number of nitrogens with one attached hydrogen (secondary N) is 2. The molecule has 222 valence electrons. The zero-order valence-corrected chi connectivity index (χ0v) is 24.5. The van der Waals surface area contributed by atoms with E-state index in [1.165, 1.54) is 6.07 Å². The normalized spacial score (nSPS) is 16.3. The Labute approximate surface area is 241 Å². The average Bonchev–Trinajstić information content (AvgIpc) is 3.42. The van der Waals surface area contributed by atoms with E-state index in [9.17, 15) is 18.3 Å². The van der Waals surface area contributed by atoms with Crippen LogP contribution >= 0.6 is 0 Å². The van der Waals surface area contributed by atoms with Gasteiger partial charge < -0.3 is 15.7 Å². The molecule has 1 amide bonds. The van der Waals surface area contributed by atoms with Gasteiger partial charge in [-0.3, -0.25) is 13.8 Å². The number of halogens is 1. The second-order valence-electron chi connectivity index (χ2n) is 10.5. The van der Waals surface area contributed by atoms with Gasteiger partial charge in [0.05, 0.1) is 35.3 Å². The van der Waals surface area contributed by atoms with E-state index in [0.29, 0.717) is 37.8 Å². The van der Waals surface area contributed by atoms with Gasteiger partial charge in [0, 0.05) is 37.9 Å². The van der Waals surface area contributed by atoms with Gasteiger partial charge in [0.2, 0.25) is 10.0 Å². The number of carbonyl (C=O) groups is 1. The fourth-order valence-electron chi connectivity index (χ4n) is 5.08. The van der Waals surface area contributed by atoms with Crippen LogP contribution in [0.15, 0.2) is 54.9 Å². The minimum atomic E-state index is -3.68. The maximum absolute atomic E-state index is 15.9. The molecule has 1 aromatic heterocycles. The van der Waals surface area contributed by atoms with Gasteiger partial charge in [-0.25, -0.2) is 12.8 Å². The van der Waals surface area contributed by atoms with Crippen molar-refractivity contribution in [2.45, 2.75) is 71.2 Å². The molecule has 1 aliphatic rings. The lowest BCUT2D eigenvalue weighted by molar-refractivity contribution is 0.0826. The molecular weight excluding hydrogens is 545 g/mol. The van der Waals surface area contributed by atoms with Gasteiger partial charge in [0.25, 0.3) is 5.91 Å². The van der Waals surface area contributed by atoms with Gasteiger partial charge in [-0.15, -0.1) is 0 Å². The Morgan fingerprint density at radius 2 is 1.90 bits per heavy atom. The number of carbonyl (C=O) groups excluding carboxylic acids is 1. The number of aromatic nitrogens is 2. The molecule has 3 aromatic rings. The number of hydrogen-bond acceptors (Lipinski definition) is 6. The second-order valence-corrected chi connectivity index (χ2v) is 12.5. The smallest absolute Gasteiger partial charge is 0.254 e. The van der Waals surface area contributed by atoms with Gasteiger partial charge >= 0.3 is 0 Å². The maximum Gasteiger partial charge on any atom is 0.254 e. The third-order valence-corrected chi connectivity index (χ3v) is 9.14. The summed E-state index contributed by atoms with van der Waals surface area (Å²) in [5.41, 5.74) is 2.25. The average molecular weight is 586 g/mol. The van der Waals surface area contributed by atoms with Crippen LogP contribution in [0.4, 0.5) is 10.1 Å². The molecule has 2 atom stereocenters. The zero-order valence-electron chi connectivity index (χ0n) is 23.7. The Kier molecular flexibility index (Phi) is 10.5. The summed E-state index contributed by atoms with van der Waals surface area (Å²) in [6.45, 7) is 5.57. The van der Waals surface area contributed by atoms with E-state index in [-0.39, 0.29) is 30.1 Å². The molecule has 2 aromatic carbocycles. The number of benzene rings is 2. The number of aliphatic hydroxyl groups excluding tert-OH is 1. The standard InChI is InChI=1S/C30H40FN5O4S/c1-3-10-23-15-25(29(31)27(17-23)36-13-8-9-14-41(36,39)40)30(38)34-26(16-22-11-6-5-7-12-22)28(37)20-32-18-24-19-33-35(4-2)21-24/h5-7,11-12,15,17,19,21,26,28,32,37H,3-4,8-10,13-14,16,18,20H2,1-2H3,(H,34,38)/t26-,28+/m0/s1. The molecule has 0 bridgehead atoms. The van der Waals surface area contributed by atoms with Crippen LogP contribution in [0, 0.1) is 5.82 Å². The predicted octanol–water partition coefficient (Wildman–Crippen LogP) is 3.42. The number of aliphatic hydroxyl groups is 1. The molecule has 4 rings (SSSR count). The number of sulfonamides is 1. The van der Waals surface area contributed by atoms with Crippen LogP contribution in [0.3, 0.4) is 0 Å². The quantitative estimate of drug-likeness (QED) is 0.283. The highest BCUT2D eigenvalue weighted by atomic mass is 32.2. The van der Waals surface area contributed by atoms with Crippen LogP contribution in [0.1, 0.15) is 60.2 Å². The number of rotatable bonds is 13. The van der Waals surface area contributed by atoms with Crippen LogP contribution in [-0.4, -0.2) is 60.2 Å². The van der Waals surface area contributed by atoms with Gasteiger partial charge in [0.15, 0.2) is 5.82 Å². The molecule has 11 heteroatoms. The summed E-state index contributed by atoms with van der Waals surface area (Å²) in [7, 11) is -3.68. The van der Waals surface area contributed by atoms with Gasteiger partial charge in [-0.1, -0.05) is 43.7 Å². The summed E-state index contributed by atoms with van der Waals surface area (Å²) in [4.78, 5) is 13.6. The van der Waals surface area contributed by atoms with Crippen molar-refractivity contribution >= 4 is 21.6 Å². The van der Waals surface area contributed by atoms with E-state index in [4.69, 9.17) is 0 Å². The first-order valence-electron chi connectivity index (χ1n) is 14.3. The van der Waals surface area contributed by atoms with E-state index >= 15 is 4.39 Å². The molecule has 1 saturated heterocycles. The number of anilines is 1. The third kappa shape index (κ3) is 7.93. The molecule has 3 N–H and O–H groups in total. The third-order valence-electron chi connectivity index (χ3n) is 7.29. The summed E-state index contributed by atoms with van der Waals surface area (Å²) in [6, 6.07) is 11.7. The van der Waals surface area contributed by atoms with Crippen LogP contribution < -0.4 is 14.9 Å². The molecule has 0 radical (unpaired) electrons. The van der Waals surface area contributed by atoms with Crippen LogP contribution in [0.25, 0.3) is 0 Å². The van der Waals surface area contributed by atoms with Crippen molar-refractivity contribution in [3.05, 3.63) is 82.9 Å². The first-order chi connectivity index (χ1) is 19.7. The highest BCUT2D eigenvalue weighted by Crippen LogP contribution is 2.30.